The minimum atomic E-state index is -1.17. The van der Waals surface area contributed by atoms with Crippen molar-refractivity contribution in [1.29, 1.82) is 0 Å². The summed E-state index contributed by atoms with van der Waals surface area (Å²) in [5.74, 6) is -0.330. The number of carbonyl (C=O) groups is 3. The zero-order chi connectivity index (χ0) is 30.8. The van der Waals surface area contributed by atoms with Gasteiger partial charge in [0.1, 0.15) is 35.6 Å². The molecule has 8 nitrogen and oxygen atoms in total. The molecule has 222 valence electrons. The fraction of sp³-hybridized carbons (Fsp3) is 0.235. The Bertz CT molecular complexity index is 1530. The standard InChI is InChI=1S/C34H33FN2O6/c1-34(2,3)43-33(40)37-30(21-32(39)41-22-23-8-5-4-6-9-23)31(38)20-26-10-7-11-29(36-26)24-12-16-27(17-13-24)42-28-18-14-25(35)15-19-28/h4-19,30H,20-22H2,1-3H3,(H,37,40)/t30-/m0/s1. The molecule has 0 fully saturated rings. The van der Waals surface area contributed by atoms with Gasteiger partial charge in [0.15, 0.2) is 5.78 Å². The van der Waals surface area contributed by atoms with Crippen LogP contribution in [-0.4, -0.2) is 34.5 Å². The lowest BCUT2D eigenvalue weighted by Crippen LogP contribution is -2.45. The van der Waals surface area contributed by atoms with E-state index in [1.54, 1.807) is 63.2 Å². The summed E-state index contributed by atoms with van der Waals surface area (Å²) in [6, 6.07) is 26.2. The van der Waals surface area contributed by atoms with E-state index in [1.165, 1.54) is 12.1 Å². The summed E-state index contributed by atoms with van der Waals surface area (Å²) in [6.45, 7) is 5.15. The molecule has 0 radical (unpaired) electrons. The second kappa shape index (κ2) is 14.2. The molecule has 1 aromatic heterocycles. The Labute approximate surface area is 249 Å². The van der Waals surface area contributed by atoms with E-state index in [0.29, 0.717) is 22.9 Å². The molecular formula is C34H33FN2O6. The van der Waals surface area contributed by atoms with Crippen LogP contribution < -0.4 is 10.1 Å². The number of rotatable bonds is 11. The number of aromatic nitrogens is 1. The van der Waals surface area contributed by atoms with Crippen LogP contribution in [0.4, 0.5) is 9.18 Å². The number of halogens is 1. The number of ether oxygens (including phenoxy) is 3. The molecule has 0 aliphatic rings. The highest BCUT2D eigenvalue weighted by Crippen LogP contribution is 2.25. The molecule has 0 unspecified atom stereocenters. The van der Waals surface area contributed by atoms with E-state index in [1.807, 2.05) is 42.5 Å². The maximum absolute atomic E-state index is 13.4. The molecule has 0 aliphatic carbocycles. The van der Waals surface area contributed by atoms with Gasteiger partial charge < -0.3 is 19.5 Å². The fourth-order valence-electron chi connectivity index (χ4n) is 4.03. The van der Waals surface area contributed by atoms with Crippen molar-refractivity contribution in [3.05, 3.63) is 114 Å². The Balaban J connectivity index is 1.43. The number of benzene rings is 3. The van der Waals surface area contributed by atoms with Crippen molar-refractivity contribution in [1.82, 2.24) is 10.3 Å². The van der Waals surface area contributed by atoms with Crippen molar-refractivity contribution in [2.45, 2.75) is 51.9 Å². The fourth-order valence-corrected chi connectivity index (χ4v) is 4.03. The molecule has 9 heteroatoms. The summed E-state index contributed by atoms with van der Waals surface area (Å²) in [4.78, 5) is 43.1. The highest BCUT2D eigenvalue weighted by atomic mass is 19.1. The maximum atomic E-state index is 13.4. The smallest absolute Gasteiger partial charge is 0.408 e. The second-order valence-corrected chi connectivity index (χ2v) is 10.8. The normalized spacial score (nSPS) is 11.7. The molecule has 1 heterocycles. The molecule has 0 aliphatic heterocycles. The zero-order valence-corrected chi connectivity index (χ0v) is 24.2. The first-order valence-electron chi connectivity index (χ1n) is 13.8. The third kappa shape index (κ3) is 10.1. The molecule has 4 rings (SSSR count). The van der Waals surface area contributed by atoms with Crippen molar-refractivity contribution in [3.8, 4) is 22.8 Å². The summed E-state index contributed by atoms with van der Waals surface area (Å²) in [7, 11) is 0. The van der Waals surface area contributed by atoms with Gasteiger partial charge in [0.2, 0.25) is 0 Å². The highest BCUT2D eigenvalue weighted by Gasteiger charge is 2.27. The van der Waals surface area contributed by atoms with Crippen LogP contribution in [-0.2, 0) is 32.1 Å². The van der Waals surface area contributed by atoms with Crippen LogP contribution in [0.2, 0.25) is 0 Å². The van der Waals surface area contributed by atoms with Gasteiger partial charge in [0, 0.05) is 11.3 Å². The summed E-state index contributed by atoms with van der Waals surface area (Å²) in [6.07, 6.45) is -1.31. The summed E-state index contributed by atoms with van der Waals surface area (Å²) in [5.41, 5.74) is 1.88. The van der Waals surface area contributed by atoms with Gasteiger partial charge >= 0.3 is 12.1 Å². The third-order valence-corrected chi connectivity index (χ3v) is 6.05. The molecule has 1 amide bonds. The predicted octanol–water partition coefficient (Wildman–Crippen LogP) is 6.82. The van der Waals surface area contributed by atoms with Gasteiger partial charge in [0.25, 0.3) is 0 Å². The van der Waals surface area contributed by atoms with Crippen LogP contribution in [0.3, 0.4) is 0 Å². The van der Waals surface area contributed by atoms with Crippen LogP contribution in [0.5, 0.6) is 11.5 Å². The molecule has 3 aromatic carbocycles. The van der Waals surface area contributed by atoms with E-state index in [-0.39, 0.29) is 25.3 Å². The molecule has 4 aromatic rings. The molecule has 0 saturated carbocycles. The van der Waals surface area contributed by atoms with Crippen molar-refractivity contribution in [3.63, 3.8) is 0 Å². The van der Waals surface area contributed by atoms with E-state index in [0.717, 1.165) is 11.1 Å². The lowest BCUT2D eigenvalue weighted by Gasteiger charge is -2.23. The minimum absolute atomic E-state index is 0.0460. The number of hydrogen-bond acceptors (Lipinski definition) is 7. The first-order chi connectivity index (χ1) is 20.5. The zero-order valence-electron chi connectivity index (χ0n) is 24.2. The highest BCUT2D eigenvalue weighted by molar-refractivity contribution is 5.92. The van der Waals surface area contributed by atoms with Crippen molar-refractivity contribution >= 4 is 17.8 Å². The quantitative estimate of drug-likeness (QED) is 0.193. The van der Waals surface area contributed by atoms with E-state index in [9.17, 15) is 18.8 Å². The molecule has 1 N–H and O–H groups in total. The Morgan fingerprint density at radius 2 is 1.49 bits per heavy atom. The van der Waals surface area contributed by atoms with Gasteiger partial charge in [-0.05, 0) is 87.0 Å². The van der Waals surface area contributed by atoms with E-state index < -0.39 is 29.5 Å². The number of hydrogen-bond donors (Lipinski definition) is 1. The maximum Gasteiger partial charge on any atom is 0.408 e. The monoisotopic (exact) mass is 584 g/mol. The summed E-state index contributed by atoms with van der Waals surface area (Å²) >= 11 is 0. The van der Waals surface area contributed by atoms with Crippen LogP contribution in [0, 0.1) is 5.82 Å². The Kier molecular flexibility index (Phi) is 10.2. The van der Waals surface area contributed by atoms with Gasteiger partial charge in [-0.2, -0.15) is 0 Å². The summed E-state index contributed by atoms with van der Waals surface area (Å²) < 4.78 is 29.6. The van der Waals surface area contributed by atoms with Gasteiger partial charge in [-0.1, -0.05) is 36.4 Å². The molecule has 0 spiro atoms. The Hall–Kier alpha value is -5.05. The number of esters is 1. The largest absolute Gasteiger partial charge is 0.461 e. The number of alkyl carbamates (subject to hydrolysis) is 1. The van der Waals surface area contributed by atoms with Crippen molar-refractivity contribution in [2.75, 3.05) is 0 Å². The van der Waals surface area contributed by atoms with Gasteiger partial charge in [-0.15, -0.1) is 0 Å². The van der Waals surface area contributed by atoms with Crippen molar-refractivity contribution in [2.24, 2.45) is 0 Å². The topological polar surface area (TPSA) is 104 Å². The number of pyridine rings is 1. The number of nitrogens with zero attached hydrogens (tertiary/aromatic N) is 1. The van der Waals surface area contributed by atoms with Gasteiger partial charge in [-0.25, -0.2) is 9.18 Å². The number of amides is 1. The summed E-state index contributed by atoms with van der Waals surface area (Å²) in [5, 5.41) is 2.52. The molecule has 0 saturated heterocycles. The molecule has 0 bridgehead atoms. The van der Waals surface area contributed by atoms with Crippen molar-refractivity contribution < 1.29 is 33.0 Å². The van der Waals surface area contributed by atoms with Crippen LogP contribution in [0.1, 0.15) is 38.4 Å². The van der Waals surface area contributed by atoms with Crippen LogP contribution >= 0.6 is 0 Å². The Morgan fingerprint density at radius 1 is 0.837 bits per heavy atom. The number of nitrogens with one attached hydrogen (secondary N) is 1. The average Bonchev–Trinajstić information content (AvgIpc) is 2.97. The SMILES string of the molecule is CC(C)(C)OC(=O)N[C@@H](CC(=O)OCc1ccccc1)C(=O)Cc1cccc(-c2ccc(Oc3ccc(F)cc3)cc2)n1. The molecule has 43 heavy (non-hydrogen) atoms. The predicted molar refractivity (Wildman–Crippen MR) is 159 cm³/mol. The first kappa shape index (κ1) is 30.9. The number of Topliss-reactive ketones (excluding diaryl/α,β-unsaturated/α-hetero) is 1. The number of ketones is 1. The lowest BCUT2D eigenvalue weighted by atomic mass is 10.0. The van der Waals surface area contributed by atoms with Crippen LogP contribution in [0.15, 0.2) is 97.1 Å². The third-order valence-electron chi connectivity index (χ3n) is 6.05. The second-order valence-electron chi connectivity index (χ2n) is 10.8. The van der Waals surface area contributed by atoms with E-state index in [2.05, 4.69) is 10.3 Å². The Morgan fingerprint density at radius 3 is 2.14 bits per heavy atom. The van der Waals surface area contributed by atoms with E-state index >= 15 is 0 Å². The molecule has 1 atom stereocenters. The van der Waals surface area contributed by atoms with E-state index in [4.69, 9.17) is 14.2 Å². The van der Waals surface area contributed by atoms with Gasteiger partial charge in [0.05, 0.1) is 18.5 Å². The first-order valence-corrected chi connectivity index (χ1v) is 13.8. The number of carbonyl (C=O) groups excluding carboxylic acids is 3. The van der Waals surface area contributed by atoms with Crippen LogP contribution in [0.25, 0.3) is 11.3 Å². The average molecular weight is 585 g/mol. The molecular weight excluding hydrogens is 551 g/mol. The van der Waals surface area contributed by atoms with Gasteiger partial charge in [-0.3, -0.25) is 14.6 Å². The minimum Gasteiger partial charge on any atom is -0.461 e. The lowest BCUT2D eigenvalue weighted by molar-refractivity contribution is -0.146.